The number of nitrogens with one attached hydrogen (secondary N) is 1. The zero-order chi connectivity index (χ0) is 27.7. The molecule has 4 aliphatic rings. The Balaban J connectivity index is 1.32. The van der Waals surface area contributed by atoms with Crippen molar-refractivity contribution < 1.29 is 33.0 Å². The minimum Gasteiger partial charge on any atom is -0.467 e. The monoisotopic (exact) mass is 542 g/mol. The van der Waals surface area contributed by atoms with Crippen LogP contribution < -0.4 is 11.1 Å². The first kappa shape index (κ1) is 27.1. The van der Waals surface area contributed by atoms with Gasteiger partial charge in [0.05, 0.1) is 26.2 Å². The highest BCUT2D eigenvalue weighted by Gasteiger charge is 2.62. The number of methoxy groups -OCH3 is 1. The van der Waals surface area contributed by atoms with Gasteiger partial charge in [-0.05, 0) is 37.3 Å². The fraction of sp³-hybridized carbons (Fsp3) is 0.571. The molecule has 1 saturated heterocycles. The number of benzene rings is 1. The third-order valence-electron chi connectivity index (χ3n) is 8.28. The number of ether oxygens (including phenoxy) is 2. The molecule has 10 nitrogen and oxygen atoms in total. The van der Waals surface area contributed by atoms with Gasteiger partial charge in [-0.1, -0.05) is 37.1 Å². The van der Waals surface area contributed by atoms with Crippen LogP contribution in [-0.4, -0.2) is 71.1 Å². The van der Waals surface area contributed by atoms with Crippen molar-refractivity contribution in [1.82, 2.24) is 15.1 Å². The number of hydrogen-bond donors (Lipinski definition) is 2. The van der Waals surface area contributed by atoms with Crippen LogP contribution in [0.15, 0.2) is 30.4 Å². The highest BCUT2D eigenvalue weighted by atomic mass is 19.1. The lowest BCUT2D eigenvalue weighted by molar-refractivity contribution is -0.148. The Morgan fingerprint density at radius 1 is 1.18 bits per heavy atom. The van der Waals surface area contributed by atoms with Crippen molar-refractivity contribution in [2.75, 3.05) is 13.7 Å². The number of rotatable bonds is 2. The van der Waals surface area contributed by atoms with Crippen LogP contribution in [0.5, 0.6) is 0 Å². The Labute approximate surface area is 226 Å². The standard InChI is InChI=1S/C28H35FN4O6/c1-38-26(36)28-13-18(28)9-5-3-2-4-6-11-22(30)25(35)33-15-19(12-23(33)24(34)31-28)39-27(37)32-14-17-8-7-10-21(29)20(17)16-32/h5,7-10,18-19,22-23H,2-4,6,11-16,30H2,1H3,(H,31,34)/b9-5-/t18-,19+,22-,23-,28+/m0/s1. The molecule has 3 aliphatic heterocycles. The summed E-state index contributed by atoms with van der Waals surface area (Å²) in [5, 5.41) is 2.85. The van der Waals surface area contributed by atoms with Crippen molar-refractivity contribution >= 4 is 23.9 Å². The summed E-state index contributed by atoms with van der Waals surface area (Å²) in [5.74, 6) is -2.01. The van der Waals surface area contributed by atoms with E-state index in [4.69, 9.17) is 15.2 Å². The molecule has 0 spiro atoms. The van der Waals surface area contributed by atoms with Crippen molar-refractivity contribution in [3.63, 3.8) is 0 Å². The molecule has 210 valence electrons. The zero-order valence-corrected chi connectivity index (χ0v) is 22.1. The lowest BCUT2D eigenvalue weighted by Gasteiger charge is -2.28. The predicted octanol–water partition coefficient (Wildman–Crippen LogP) is 2.14. The van der Waals surface area contributed by atoms with Crippen LogP contribution in [0.4, 0.5) is 9.18 Å². The van der Waals surface area contributed by atoms with Crippen molar-refractivity contribution in [3.8, 4) is 0 Å². The van der Waals surface area contributed by atoms with Gasteiger partial charge in [0.1, 0.15) is 23.5 Å². The molecule has 0 aromatic heterocycles. The van der Waals surface area contributed by atoms with E-state index in [1.165, 1.54) is 23.0 Å². The molecule has 0 bridgehead atoms. The summed E-state index contributed by atoms with van der Waals surface area (Å²) in [5.41, 5.74) is 6.23. The smallest absolute Gasteiger partial charge is 0.410 e. The van der Waals surface area contributed by atoms with Crippen LogP contribution in [0.3, 0.4) is 0 Å². The van der Waals surface area contributed by atoms with Gasteiger partial charge in [0.2, 0.25) is 11.8 Å². The van der Waals surface area contributed by atoms with E-state index in [1.807, 2.05) is 12.2 Å². The summed E-state index contributed by atoms with van der Waals surface area (Å²) < 4.78 is 24.9. The van der Waals surface area contributed by atoms with E-state index >= 15 is 0 Å². The molecule has 39 heavy (non-hydrogen) atoms. The molecule has 2 fully saturated rings. The van der Waals surface area contributed by atoms with Gasteiger partial charge in [-0.25, -0.2) is 14.0 Å². The fourth-order valence-electron chi connectivity index (χ4n) is 5.94. The minimum atomic E-state index is -1.18. The number of hydrogen-bond acceptors (Lipinski definition) is 7. The molecule has 1 saturated carbocycles. The van der Waals surface area contributed by atoms with Gasteiger partial charge in [0.15, 0.2) is 0 Å². The third-order valence-corrected chi connectivity index (χ3v) is 8.28. The number of carbonyl (C=O) groups is 4. The summed E-state index contributed by atoms with van der Waals surface area (Å²) in [6, 6.07) is 2.95. The molecule has 3 heterocycles. The second-order valence-electron chi connectivity index (χ2n) is 10.9. The highest BCUT2D eigenvalue weighted by Crippen LogP contribution is 2.46. The molecule has 3 N–H and O–H groups in total. The van der Waals surface area contributed by atoms with Gasteiger partial charge in [-0.2, -0.15) is 0 Å². The summed E-state index contributed by atoms with van der Waals surface area (Å²) in [6.45, 7) is 0.300. The first-order chi connectivity index (χ1) is 18.7. The van der Waals surface area contributed by atoms with Crippen molar-refractivity contribution in [2.45, 2.75) is 81.8 Å². The molecule has 1 aromatic rings. The van der Waals surface area contributed by atoms with E-state index in [1.54, 1.807) is 12.1 Å². The number of nitrogens with two attached hydrogens (primary N) is 1. The molecule has 0 radical (unpaired) electrons. The zero-order valence-electron chi connectivity index (χ0n) is 22.1. The molecule has 1 aromatic carbocycles. The van der Waals surface area contributed by atoms with Gasteiger partial charge in [-0.15, -0.1) is 0 Å². The van der Waals surface area contributed by atoms with E-state index in [-0.39, 0.29) is 37.8 Å². The Morgan fingerprint density at radius 2 is 2.00 bits per heavy atom. The average Bonchev–Trinajstić information content (AvgIpc) is 3.24. The highest BCUT2D eigenvalue weighted by molar-refractivity contribution is 5.96. The molecular weight excluding hydrogens is 507 g/mol. The van der Waals surface area contributed by atoms with Gasteiger partial charge >= 0.3 is 12.1 Å². The lowest BCUT2D eigenvalue weighted by Crippen LogP contribution is -2.55. The van der Waals surface area contributed by atoms with Gasteiger partial charge < -0.3 is 25.4 Å². The summed E-state index contributed by atoms with van der Waals surface area (Å²) in [4.78, 5) is 55.3. The first-order valence-electron chi connectivity index (χ1n) is 13.6. The number of nitrogens with zero attached hydrogens (tertiary/aromatic N) is 2. The van der Waals surface area contributed by atoms with Gasteiger partial charge in [0.25, 0.3) is 0 Å². The molecular formula is C28H35FN4O6. The first-order valence-corrected chi connectivity index (χ1v) is 13.6. The second-order valence-corrected chi connectivity index (χ2v) is 10.9. The third kappa shape index (κ3) is 5.36. The van der Waals surface area contributed by atoms with E-state index in [0.29, 0.717) is 24.0 Å². The van der Waals surface area contributed by atoms with Gasteiger partial charge in [0, 0.05) is 24.4 Å². The topological polar surface area (TPSA) is 131 Å². The van der Waals surface area contributed by atoms with Gasteiger partial charge in [-0.3, -0.25) is 14.5 Å². The summed E-state index contributed by atoms with van der Waals surface area (Å²) >= 11 is 0. The Kier molecular flexibility index (Phi) is 7.61. The van der Waals surface area contributed by atoms with Crippen LogP contribution in [0.2, 0.25) is 0 Å². The van der Waals surface area contributed by atoms with E-state index in [0.717, 1.165) is 25.7 Å². The maximum Gasteiger partial charge on any atom is 0.410 e. The maximum atomic E-state index is 14.2. The van der Waals surface area contributed by atoms with Crippen LogP contribution in [0, 0.1) is 11.7 Å². The molecule has 5 atom stereocenters. The average molecular weight is 543 g/mol. The van der Waals surface area contributed by atoms with Crippen LogP contribution in [0.25, 0.3) is 0 Å². The number of esters is 1. The minimum absolute atomic E-state index is 0.0000646. The SMILES string of the molecule is COC(=O)[C@@]12C[C@@H]1/C=C\CCCCC[C@H](N)C(=O)N1C[C@H](OC(=O)N3Cc4cccc(F)c4C3)C[C@H]1C(=O)N2. The fourth-order valence-corrected chi connectivity index (χ4v) is 5.94. The van der Waals surface area contributed by atoms with Crippen LogP contribution >= 0.6 is 0 Å². The van der Waals surface area contributed by atoms with Crippen LogP contribution in [-0.2, 0) is 36.9 Å². The van der Waals surface area contributed by atoms with Crippen molar-refractivity contribution in [3.05, 3.63) is 47.3 Å². The van der Waals surface area contributed by atoms with Crippen LogP contribution in [0.1, 0.15) is 56.1 Å². The molecule has 5 rings (SSSR count). The van der Waals surface area contributed by atoms with E-state index < -0.39 is 47.6 Å². The Bertz CT molecular complexity index is 1190. The van der Waals surface area contributed by atoms with Crippen molar-refractivity contribution in [1.29, 1.82) is 0 Å². The Morgan fingerprint density at radius 3 is 2.77 bits per heavy atom. The molecule has 3 amide bonds. The van der Waals surface area contributed by atoms with E-state index in [9.17, 15) is 23.6 Å². The summed E-state index contributed by atoms with van der Waals surface area (Å²) in [6.07, 6.45) is 6.93. The number of allylic oxidation sites excluding steroid dienone is 1. The maximum absolute atomic E-state index is 14.2. The number of amides is 3. The largest absolute Gasteiger partial charge is 0.467 e. The number of carbonyl (C=O) groups excluding carboxylic acids is 4. The normalized spacial score (nSPS) is 31.7. The van der Waals surface area contributed by atoms with Crippen molar-refractivity contribution in [2.24, 2.45) is 11.7 Å². The number of halogens is 1. The Hall–Kier alpha value is -3.47. The predicted molar refractivity (Wildman–Crippen MR) is 137 cm³/mol. The molecule has 1 aliphatic carbocycles. The summed E-state index contributed by atoms with van der Waals surface area (Å²) in [7, 11) is 1.28. The molecule has 0 unspecified atom stereocenters. The molecule has 11 heteroatoms. The second kappa shape index (κ2) is 11.0. The van der Waals surface area contributed by atoms with E-state index in [2.05, 4.69) is 5.32 Å². The number of fused-ring (bicyclic) bond motifs is 3. The lowest BCUT2D eigenvalue weighted by atomic mass is 10.1. The quantitative estimate of drug-likeness (QED) is 0.432.